The molecule has 0 aromatic carbocycles. The zero-order valence-corrected chi connectivity index (χ0v) is 16.2. The Kier molecular flexibility index (Phi) is 5.80. The minimum absolute atomic E-state index is 0.0940. The highest BCUT2D eigenvalue weighted by Crippen LogP contribution is 2.52. The lowest BCUT2D eigenvalue weighted by Gasteiger charge is -2.25. The number of nitrogens with zero attached hydrogens (tertiary/aromatic N) is 3. The number of hydrogen-bond acceptors (Lipinski definition) is 4. The van der Waals surface area contributed by atoms with E-state index in [0.717, 1.165) is 32.5 Å². The van der Waals surface area contributed by atoms with Gasteiger partial charge in [0.25, 0.3) is 0 Å². The van der Waals surface area contributed by atoms with E-state index in [1.807, 2.05) is 6.92 Å². The molecule has 3 aliphatic rings. The second-order valence-electron chi connectivity index (χ2n) is 7.62. The molecule has 0 radical (unpaired) electrons. The van der Waals surface area contributed by atoms with E-state index in [-0.39, 0.29) is 47.9 Å². The van der Waals surface area contributed by atoms with Gasteiger partial charge >= 0.3 is 0 Å². The number of imide groups is 1. The van der Waals surface area contributed by atoms with Crippen LogP contribution in [0.3, 0.4) is 0 Å². The van der Waals surface area contributed by atoms with E-state index in [0.29, 0.717) is 13.1 Å². The van der Waals surface area contributed by atoms with E-state index in [2.05, 4.69) is 30.9 Å². The first-order valence-electron chi connectivity index (χ1n) is 10.0. The normalized spacial score (nSPS) is 29.2. The standard InChI is InChI=1S/C20H31N3O3/c1-4-21(5-2)10-7-11-22(6-3)16(24)13-23-19(25)17-14-8-9-15(12-14)18(17)20(23)26/h8-9,14-15,17-18H,4-7,10-13H2,1-3H3/t14-,15-,17-,18-/m0/s1. The van der Waals surface area contributed by atoms with Crippen LogP contribution in [0.15, 0.2) is 12.2 Å². The van der Waals surface area contributed by atoms with E-state index >= 15 is 0 Å². The molecule has 3 amide bonds. The number of amides is 3. The first kappa shape index (κ1) is 19.1. The third-order valence-corrected chi connectivity index (χ3v) is 6.39. The highest BCUT2D eigenvalue weighted by molar-refractivity contribution is 6.08. The van der Waals surface area contributed by atoms with E-state index < -0.39 is 0 Å². The third kappa shape index (κ3) is 3.31. The second kappa shape index (κ2) is 7.91. The fraction of sp³-hybridized carbons (Fsp3) is 0.750. The van der Waals surface area contributed by atoms with Crippen LogP contribution < -0.4 is 0 Å². The average Bonchev–Trinajstić information content (AvgIpc) is 3.32. The first-order valence-corrected chi connectivity index (χ1v) is 10.0. The molecule has 4 atom stereocenters. The third-order valence-electron chi connectivity index (χ3n) is 6.39. The summed E-state index contributed by atoms with van der Waals surface area (Å²) < 4.78 is 0. The van der Waals surface area contributed by atoms with Gasteiger partial charge in [0, 0.05) is 13.1 Å². The number of hydrogen-bond donors (Lipinski definition) is 0. The molecular formula is C20H31N3O3. The summed E-state index contributed by atoms with van der Waals surface area (Å²) in [5, 5.41) is 0. The summed E-state index contributed by atoms with van der Waals surface area (Å²) in [7, 11) is 0. The van der Waals surface area contributed by atoms with Gasteiger partial charge in [-0.25, -0.2) is 0 Å². The van der Waals surface area contributed by atoms with Crippen molar-refractivity contribution in [3.63, 3.8) is 0 Å². The number of fused-ring (bicyclic) bond motifs is 5. The van der Waals surface area contributed by atoms with E-state index in [1.165, 1.54) is 4.90 Å². The Hall–Kier alpha value is -1.69. The summed E-state index contributed by atoms with van der Waals surface area (Å²) in [6, 6.07) is 0. The van der Waals surface area contributed by atoms with Crippen LogP contribution in [0, 0.1) is 23.7 Å². The molecule has 0 spiro atoms. The SMILES string of the molecule is CCN(CC)CCCN(CC)C(=O)CN1C(=O)[C@@H]2[C@@H](C1=O)[C@H]1C=C[C@H]2C1. The lowest BCUT2D eigenvalue weighted by atomic mass is 9.85. The molecule has 1 saturated carbocycles. The maximum atomic E-state index is 12.7. The molecular weight excluding hydrogens is 330 g/mol. The smallest absolute Gasteiger partial charge is 0.242 e. The average molecular weight is 361 g/mol. The molecule has 1 aliphatic heterocycles. The Labute approximate surface area is 156 Å². The molecule has 0 aromatic heterocycles. The summed E-state index contributed by atoms with van der Waals surface area (Å²) >= 11 is 0. The predicted octanol–water partition coefficient (Wildman–Crippen LogP) is 1.37. The van der Waals surface area contributed by atoms with Gasteiger partial charge in [0.15, 0.2) is 0 Å². The first-order chi connectivity index (χ1) is 12.5. The van der Waals surface area contributed by atoms with Crippen molar-refractivity contribution in [2.75, 3.05) is 39.3 Å². The van der Waals surface area contributed by atoms with Crippen molar-refractivity contribution in [2.45, 2.75) is 33.6 Å². The van der Waals surface area contributed by atoms with Crippen molar-refractivity contribution >= 4 is 17.7 Å². The molecule has 2 bridgehead atoms. The summed E-state index contributed by atoms with van der Waals surface area (Å²) in [4.78, 5) is 43.4. The molecule has 0 unspecified atom stereocenters. The quantitative estimate of drug-likeness (QED) is 0.460. The summed E-state index contributed by atoms with van der Waals surface area (Å²) in [6.45, 7) is 10.4. The summed E-state index contributed by atoms with van der Waals surface area (Å²) in [6.07, 6.45) is 5.98. The minimum atomic E-state index is -0.219. The van der Waals surface area contributed by atoms with Crippen molar-refractivity contribution in [1.82, 2.24) is 14.7 Å². The number of carbonyl (C=O) groups is 3. The Morgan fingerprint density at radius 3 is 2.08 bits per heavy atom. The number of carbonyl (C=O) groups excluding carboxylic acids is 3. The molecule has 2 fully saturated rings. The van der Waals surface area contributed by atoms with E-state index in [1.54, 1.807) is 4.90 Å². The number of likely N-dealkylation sites (N-methyl/N-ethyl adjacent to an activating group) is 1. The van der Waals surface area contributed by atoms with Gasteiger partial charge in [0.1, 0.15) is 6.54 Å². The summed E-state index contributed by atoms with van der Waals surface area (Å²) in [5.41, 5.74) is 0. The molecule has 1 heterocycles. The van der Waals surface area contributed by atoms with E-state index in [9.17, 15) is 14.4 Å². The molecule has 6 nitrogen and oxygen atoms in total. The molecule has 144 valence electrons. The van der Waals surface area contributed by atoms with Crippen LogP contribution >= 0.6 is 0 Å². The van der Waals surface area contributed by atoms with Crippen molar-refractivity contribution in [3.8, 4) is 0 Å². The Morgan fingerprint density at radius 2 is 1.58 bits per heavy atom. The van der Waals surface area contributed by atoms with Gasteiger partial charge in [-0.15, -0.1) is 0 Å². The molecule has 1 saturated heterocycles. The van der Waals surface area contributed by atoms with Gasteiger partial charge < -0.3 is 9.80 Å². The number of rotatable bonds is 9. The van der Waals surface area contributed by atoms with Gasteiger partial charge in [-0.2, -0.15) is 0 Å². The maximum Gasteiger partial charge on any atom is 0.242 e. The van der Waals surface area contributed by atoms with Gasteiger partial charge in [-0.05, 0) is 51.2 Å². The van der Waals surface area contributed by atoms with Crippen LogP contribution in [-0.2, 0) is 14.4 Å². The van der Waals surface area contributed by atoms with Crippen LogP contribution in [0.5, 0.6) is 0 Å². The highest BCUT2D eigenvalue weighted by Gasteiger charge is 2.59. The number of allylic oxidation sites excluding steroid dienone is 2. The maximum absolute atomic E-state index is 12.7. The van der Waals surface area contributed by atoms with Gasteiger partial charge in [0.05, 0.1) is 11.8 Å². The summed E-state index contributed by atoms with van der Waals surface area (Å²) in [5.74, 6) is -0.440. The van der Waals surface area contributed by atoms with Gasteiger partial charge in [-0.3, -0.25) is 19.3 Å². The van der Waals surface area contributed by atoms with Crippen LogP contribution in [0.25, 0.3) is 0 Å². The van der Waals surface area contributed by atoms with Gasteiger partial charge in [-0.1, -0.05) is 26.0 Å². The lowest BCUT2D eigenvalue weighted by Crippen LogP contribution is -2.44. The Bertz CT molecular complexity index is 569. The number of likely N-dealkylation sites (tertiary alicyclic amines) is 1. The van der Waals surface area contributed by atoms with Crippen LogP contribution in [0.2, 0.25) is 0 Å². The topological polar surface area (TPSA) is 60.9 Å². The van der Waals surface area contributed by atoms with Crippen LogP contribution in [0.1, 0.15) is 33.6 Å². The lowest BCUT2D eigenvalue weighted by molar-refractivity contribution is -0.147. The van der Waals surface area contributed by atoms with Crippen LogP contribution in [0.4, 0.5) is 0 Å². The molecule has 0 aromatic rings. The molecule has 0 N–H and O–H groups in total. The monoisotopic (exact) mass is 361 g/mol. The van der Waals surface area contributed by atoms with Crippen LogP contribution in [-0.4, -0.2) is 71.7 Å². The zero-order valence-electron chi connectivity index (χ0n) is 16.2. The fourth-order valence-corrected chi connectivity index (χ4v) is 4.84. The van der Waals surface area contributed by atoms with E-state index in [4.69, 9.17) is 0 Å². The molecule has 3 rings (SSSR count). The highest BCUT2D eigenvalue weighted by atomic mass is 16.2. The molecule has 26 heavy (non-hydrogen) atoms. The fourth-order valence-electron chi connectivity index (χ4n) is 4.84. The molecule has 6 heteroatoms. The minimum Gasteiger partial charge on any atom is -0.341 e. The molecule has 2 aliphatic carbocycles. The predicted molar refractivity (Wildman–Crippen MR) is 99.1 cm³/mol. The van der Waals surface area contributed by atoms with Crippen molar-refractivity contribution in [3.05, 3.63) is 12.2 Å². The van der Waals surface area contributed by atoms with Crippen molar-refractivity contribution < 1.29 is 14.4 Å². The van der Waals surface area contributed by atoms with Gasteiger partial charge in [0.2, 0.25) is 17.7 Å². The Balaban J connectivity index is 1.55. The largest absolute Gasteiger partial charge is 0.341 e. The van der Waals surface area contributed by atoms with Crippen molar-refractivity contribution in [1.29, 1.82) is 0 Å². The zero-order chi connectivity index (χ0) is 18.8. The van der Waals surface area contributed by atoms with Crippen molar-refractivity contribution in [2.24, 2.45) is 23.7 Å². The second-order valence-corrected chi connectivity index (χ2v) is 7.62. The Morgan fingerprint density at radius 1 is 1.00 bits per heavy atom.